The van der Waals surface area contributed by atoms with Gasteiger partial charge in [0, 0.05) is 5.71 Å². The first-order chi connectivity index (χ1) is 8.24. The second kappa shape index (κ2) is 8.72. The van der Waals surface area contributed by atoms with Crippen molar-refractivity contribution in [3.8, 4) is 0 Å². The molecule has 1 aliphatic rings. The molecular formula is C16H31N. The van der Waals surface area contributed by atoms with Gasteiger partial charge in [-0.3, -0.25) is 0 Å². The minimum atomic E-state index is 0.621. The molecule has 0 unspecified atom stereocenters. The molecule has 0 saturated heterocycles. The summed E-state index contributed by atoms with van der Waals surface area (Å²) in [5.74, 6) is 1.60. The van der Waals surface area contributed by atoms with E-state index < -0.39 is 0 Å². The Morgan fingerprint density at radius 1 is 0.941 bits per heavy atom. The van der Waals surface area contributed by atoms with Crippen molar-refractivity contribution < 1.29 is 0 Å². The maximum Gasteiger partial charge on any atom is 0.00891 e. The van der Waals surface area contributed by atoms with Crippen molar-refractivity contribution in [3.63, 3.8) is 0 Å². The van der Waals surface area contributed by atoms with Gasteiger partial charge in [0.1, 0.15) is 0 Å². The number of hydrogen-bond donors (Lipinski definition) is 1. The lowest BCUT2D eigenvalue weighted by Crippen LogP contribution is -2.19. The van der Waals surface area contributed by atoms with Crippen LogP contribution in [0.5, 0.6) is 0 Å². The number of nitrogens with one attached hydrogen (secondary N) is 1. The van der Waals surface area contributed by atoms with E-state index >= 15 is 0 Å². The molecule has 0 aromatic carbocycles. The Kier molecular flexibility index (Phi) is 7.55. The molecule has 1 fully saturated rings. The van der Waals surface area contributed by atoms with Crippen molar-refractivity contribution in [1.29, 1.82) is 5.41 Å². The average molecular weight is 237 g/mol. The summed E-state index contributed by atoms with van der Waals surface area (Å²) in [6, 6.07) is 0. The van der Waals surface area contributed by atoms with Gasteiger partial charge in [0.05, 0.1) is 0 Å². The van der Waals surface area contributed by atoms with E-state index in [2.05, 4.69) is 6.92 Å². The zero-order valence-electron chi connectivity index (χ0n) is 11.9. The van der Waals surface area contributed by atoms with Crippen molar-refractivity contribution in [3.05, 3.63) is 0 Å². The quantitative estimate of drug-likeness (QED) is 0.421. The molecule has 1 saturated carbocycles. The predicted molar refractivity (Wildman–Crippen MR) is 76.8 cm³/mol. The first-order valence-electron chi connectivity index (χ1n) is 7.79. The molecule has 100 valence electrons. The monoisotopic (exact) mass is 237 g/mol. The zero-order valence-corrected chi connectivity index (χ0v) is 11.9. The van der Waals surface area contributed by atoms with Crippen molar-refractivity contribution in [2.24, 2.45) is 11.8 Å². The molecule has 1 rings (SSSR count). The minimum absolute atomic E-state index is 0.621. The van der Waals surface area contributed by atoms with E-state index in [1.165, 1.54) is 70.6 Å². The highest BCUT2D eigenvalue weighted by molar-refractivity contribution is 5.81. The molecule has 0 heterocycles. The van der Waals surface area contributed by atoms with Gasteiger partial charge < -0.3 is 5.41 Å². The topological polar surface area (TPSA) is 23.9 Å². The number of hydrogen-bond acceptors (Lipinski definition) is 1. The van der Waals surface area contributed by atoms with E-state index in [0.717, 1.165) is 11.6 Å². The molecule has 0 aromatic heterocycles. The SMILES string of the molecule is CCCCCCCCC1CCC(C(C)=N)CC1. The molecule has 0 aromatic rings. The van der Waals surface area contributed by atoms with Crippen LogP contribution in [0.2, 0.25) is 0 Å². The molecule has 0 aliphatic heterocycles. The maximum atomic E-state index is 7.69. The summed E-state index contributed by atoms with van der Waals surface area (Å²) < 4.78 is 0. The molecule has 1 N–H and O–H groups in total. The number of rotatable bonds is 8. The van der Waals surface area contributed by atoms with E-state index in [1.807, 2.05) is 6.92 Å². The molecule has 0 amide bonds. The fourth-order valence-corrected chi connectivity index (χ4v) is 3.10. The third kappa shape index (κ3) is 6.24. The molecule has 1 heteroatoms. The Balaban J connectivity index is 1.97. The van der Waals surface area contributed by atoms with Crippen LogP contribution >= 0.6 is 0 Å². The van der Waals surface area contributed by atoms with Crippen molar-refractivity contribution in [2.75, 3.05) is 0 Å². The Morgan fingerprint density at radius 3 is 2.12 bits per heavy atom. The highest BCUT2D eigenvalue weighted by Crippen LogP contribution is 2.32. The molecule has 1 aliphatic carbocycles. The molecule has 0 bridgehead atoms. The van der Waals surface area contributed by atoms with Crippen LogP contribution in [-0.2, 0) is 0 Å². The summed E-state index contributed by atoms with van der Waals surface area (Å²) in [4.78, 5) is 0. The zero-order chi connectivity index (χ0) is 12.5. The molecule has 0 radical (unpaired) electrons. The number of unbranched alkanes of at least 4 members (excludes halogenated alkanes) is 5. The van der Waals surface area contributed by atoms with Gasteiger partial charge >= 0.3 is 0 Å². The average Bonchev–Trinajstić information content (AvgIpc) is 2.34. The van der Waals surface area contributed by atoms with Crippen LogP contribution in [0.15, 0.2) is 0 Å². The molecule has 17 heavy (non-hydrogen) atoms. The van der Waals surface area contributed by atoms with Gasteiger partial charge in [0.2, 0.25) is 0 Å². The highest BCUT2D eigenvalue weighted by Gasteiger charge is 2.21. The fraction of sp³-hybridized carbons (Fsp3) is 0.938. The minimum Gasteiger partial charge on any atom is -0.310 e. The Morgan fingerprint density at radius 2 is 1.53 bits per heavy atom. The van der Waals surface area contributed by atoms with Crippen LogP contribution in [0.25, 0.3) is 0 Å². The van der Waals surface area contributed by atoms with Gasteiger partial charge in [-0.25, -0.2) is 0 Å². The van der Waals surface area contributed by atoms with Crippen LogP contribution in [-0.4, -0.2) is 5.71 Å². The standard InChI is InChI=1S/C16H31N/c1-3-4-5-6-7-8-9-15-10-12-16(13-11-15)14(2)17/h15-17H,3-13H2,1-2H3. The van der Waals surface area contributed by atoms with Crippen LogP contribution < -0.4 is 0 Å². The summed E-state index contributed by atoms with van der Waals surface area (Å²) in [6.07, 6.45) is 15.4. The summed E-state index contributed by atoms with van der Waals surface area (Å²) >= 11 is 0. The van der Waals surface area contributed by atoms with Gasteiger partial charge in [-0.1, -0.05) is 51.9 Å². The van der Waals surface area contributed by atoms with Crippen LogP contribution in [0.1, 0.15) is 84.5 Å². The Bertz CT molecular complexity index is 202. The van der Waals surface area contributed by atoms with Crippen LogP contribution in [0.4, 0.5) is 0 Å². The van der Waals surface area contributed by atoms with Gasteiger partial charge in [0.15, 0.2) is 0 Å². The lowest BCUT2D eigenvalue weighted by molar-refractivity contribution is 0.297. The summed E-state index contributed by atoms with van der Waals surface area (Å²) in [7, 11) is 0. The summed E-state index contributed by atoms with van der Waals surface area (Å²) in [5, 5.41) is 7.69. The third-order valence-electron chi connectivity index (χ3n) is 4.43. The lowest BCUT2D eigenvalue weighted by Gasteiger charge is -2.28. The highest BCUT2D eigenvalue weighted by atomic mass is 14.4. The lowest BCUT2D eigenvalue weighted by atomic mass is 9.78. The third-order valence-corrected chi connectivity index (χ3v) is 4.43. The normalized spacial score (nSPS) is 24.8. The van der Waals surface area contributed by atoms with E-state index in [9.17, 15) is 0 Å². The van der Waals surface area contributed by atoms with Gasteiger partial charge in [0.25, 0.3) is 0 Å². The molecular weight excluding hydrogens is 206 g/mol. The Hall–Kier alpha value is -0.330. The van der Waals surface area contributed by atoms with Crippen LogP contribution in [0, 0.1) is 17.2 Å². The predicted octanol–water partition coefficient (Wildman–Crippen LogP) is 5.58. The maximum absolute atomic E-state index is 7.69. The first-order valence-corrected chi connectivity index (χ1v) is 7.79. The largest absolute Gasteiger partial charge is 0.310 e. The Labute approximate surface area is 108 Å². The second-order valence-corrected chi connectivity index (χ2v) is 5.96. The van der Waals surface area contributed by atoms with Gasteiger partial charge in [-0.05, 0) is 44.4 Å². The van der Waals surface area contributed by atoms with Crippen LogP contribution in [0.3, 0.4) is 0 Å². The fourth-order valence-electron chi connectivity index (χ4n) is 3.10. The smallest absolute Gasteiger partial charge is 0.00891 e. The first kappa shape index (κ1) is 14.7. The van der Waals surface area contributed by atoms with Crippen molar-refractivity contribution in [2.45, 2.75) is 84.5 Å². The van der Waals surface area contributed by atoms with Crippen molar-refractivity contribution in [1.82, 2.24) is 0 Å². The van der Waals surface area contributed by atoms with Crippen molar-refractivity contribution >= 4 is 5.71 Å². The van der Waals surface area contributed by atoms with Gasteiger partial charge in [-0.15, -0.1) is 0 Å². The second-order valence-electron chi connectivity index (χ2n) is 5.96. The molecule has 0 atom stereocenters. The van der Waals surface area contributed by atoms with E-state index in [-0.39, 0.29) is 0 Å². The van der Waals surface area contributed by atoms with E-state index in [1.54, 1.807) is 0 Å². The van der Waals surface area contributed by atoms with Gasteiger partial charge in [-0.2, -0.15) is 0 Å². The van der Waals surface area contributed by atoms with E-state index in [4.69, 9.17) is 5.41 Å². The molecule has 0 spiro atoms. The van der Waals surface area contributed by atoms with E-state index in [0.29, 0.717) is 5.92 Å². The summed E-state index contributed by atoms with van der Waals surface area (Å²) in [6.45, 7) is 4.27. The molecule has 1 nitrogen and oxygen atoms in total. The summed E-state index contributed by atoms with van der Waals surface area (Å²) in [5.41, 5.74) is 0.919.